The number of carbonyl (C=O) groups excluding carboxylic acids is 1. The highest BCUT2D eigenvalue weighted by Gasteiger charge is 2.28. The average molecular weight is 253 g/mol. The lowest BCUT2D eigenvalue weighted by atomic mass is 9.94. The molecule has 1 heterocycles. The standard InChI is InChI=1S/C14H27N3O/c1-2-11-4-3-7-17(10-11)13(9-15)8-14(18)16-12-5-6-12/h11-13H,2-10,15H2,1H3,(H,16,18). The predicted molar refractivity (Wildman–Crippen MR) is 73.2 cm³/mol. The van der Waals surface area contributed by atoms with Gasteiger partial charge in [-0.15, -0.1) is 0 Å². The number of amides is 1. The highest BCUT2D eigenvalue weighted by Crippen LogP contribution is 2.22. The Kier molecular flexibility index (Phi) is 5.01. The van der Waals surface area contributed by atoms with Gasteiger partial charge in [0, 0.05) is 31.6 Å². The minimum absolute atomic E-state index is 0.187. The van der Waals surface area contributed by atoms with Crippen LogP contribution in [0.2, 0.25) is 0 Å². The van der Waals surface area contributed by atoms with E-state index < -0.39 is 0 Å². The van der Waals surface area contributed by atoms with Crippen molar-refractivity contribution in [2.45, 2.75) is 57.5 Å². The van der Waals surface area contributed by atoms with Crippen LogP contribution in [-0.2, 0) is 4.79 Å². The summed E-state index contributed by atoms with van der Waals surface area (Å²) in [6, 6.07) is 0.693. The van der Waals surface area contributed by atoms with Gasteiger partial charge in [0.1, 0.15) is 0 Å². The van der Waals surface area contributed by atoms with Crippen LogP contribution in [0.1, 0.15) is 45.4 Å². The van der Waals surface area contributed by atoms with Gasteiger partial charge >= 0.3 is 0 Å². The molecule has 104 valence electrons. The van der Waals surface area contributed by atoms with Gasteiger partial charge < -0.3 is 11.1 Å². The number of piperidine rings is 1. The van der Waals surface area contributed by atoms with Crippen LogP contribution in [0.3, 0.4) is 0 Å². The first-order valence-corrected chi connectivity index (χ1v) is 7.46. The fourth-order valence-electron chi connectivity index (χ4n) is 2.85. The van der Waals surface area contributed by atoms with Gasteiger partial charge in [0.2, 0.25) is 5.91 Å². The molecule has 0 aromatic carbocycles. The summed E-state index contributed by atoms with van der Waals surface area (Å²) in [5, 5.41) is 3.06. The molecular weight excluding hydrogens is 226 g/mol. The summed E-state index contributed by atoms with van der Waals surface area (Å²) < 4.78 is 0. The fourth-order valence-corrected chi connectivity index (χ4v) is 2.85. The molecule has 0 bridgehead atoms. The van der Waals surface area contributed by atoms with Crippen molar-refractivity contribution in [1.82, 2.24) is 10.2 Å². The molecule has 3 N–H and O–H groups in total. The molecule has 1 saturated carbocycles. The SMILES string of the molecule is CCC1CCCN(C(CN)CC(=O)NC2CC2)C1. The highest BCUT2D eigenvalue weighted by molar-refractivity contribution is 5.77. The van der Waals surface area contributed by atoms with E-state index >= 15 is 0 Å². The lowest BCUT2D eigenvalue weighted by Crippen LogP contribution is -2.48. The van der Waals surface area contributed by atoms with E-state index in [0.717, 1.165) is 31.8 Å². The number of likely N-dealkylation sites (tertiary alicyclic amines) is 1. The Labute approximate surface area is 110 Å². The van der Waals surface area contributed by atoms with Crippen LogP contribution in [0, 0.1) is 5.92 Å². The molecule has 2 atom stereocenters. The monoisotopic (exact) mass is 253 g/mol. The van der Waals surface area contributed by atoms with Crippen molar-refractivity contribution in [2.24, 2.45) is 11.7 Å². The molecule has 2 aliphatic rings. The van der Waals surface area contributed by atoms with E-state index in [4.69, 9.17) is 5.73 Å². The van der Waals surface area contributed by atoms with Crippen molar-refractivity contribution in [3.63, 3.8) is 0 Å². The molecular formula is C14H27N3O. The third-order valence-corrected chi connectivity index (χ3v) is 4.28. The lowest BCUT2D eigenvalue weighted by molar-refractivity contribution is -0.122. The van der Waals surface area contributed by atoms with Gasteiger partial charge in [-0.1, -0.05) is 13.3 Å². The van der Waals surface area contributed by atoms with E-state index in [0.29, 0.717) is 19.0 Å². The Morgan fingerprint density at radius 1 is 1.44 bits per heavy atom. The van der Waals surface area contributed by atoms with Gasteiger partial charge in [-0.2, -0.15) is 0 Å². The molecule has 1 saturated heterocycles. The van der Waals surface area contributed by atoms with Gasteiger partial charge in [0.05, 0.1) is 0 Å². The largest absolute Gasteiger partial charge is 0.353 e. The topological polar surface area (TPSA) is 58.4 Å². The Bertz CT molecular complexity index is 278. The second-order valence-electron chi connectivity index (χ2n) is 5.85. The van der Waals surface area contributed by atoms with E-state index in [-0.39, 0.29) is 11.9 Å². The maximum absolute atomic E-state index is 11.9. The molecule has 2 unspecified atom stereocenters. The predicted octanol–water partition coefficient (Wildman–Crippen LogP) is 1.10. The zero-order valence-corrected chi connectivity index (χ0v) is 11.5. The lowest BCUT2D eigenvalue weighted by Gasteiger charge is -2.37. The third-order valence-electron chi connectivity index (χ3n) is 4.28. The Morgan fingerprint density at radius 3 is 2.83 bits per heavy atom. The fraction of sp³-hybridized carbons (Fsp3) is 0.929. The number of nitrogens with two attached hydrogens (primary N) is 1. The van der Waals surface area contributed by atoms with Crippen molar-refractivity contribution in [3.8, 4) is 0 Å². The van der Waals surface area contributed by atoms with Crippen molar-refractivity contribution >= 4 is 5.91 Å². The second-order valence-corrected chi connectivity index (χ2v) is 5.85. The quantitative estimate of drug-likeness (QED) is 0.745. The first-order valence-electron chi connectivity index (χ1n) is 7.46. The first kappa shape index (κ1) is 13.8. The normalized spacial score (nSPS) is 26.9. The summed E-state index contributed by atoms with van der Waals surface area (Å²) in [6.07, 6.45) is 6.70. The van der Waals surface area contributed by atoms with Crippen LogP contribution in [0.4, 0.5) is 0 Å². The highest BCUT2D eigenvalue weighted by atomic mass is 16.1. The maximum atomic E-state index is 11.9. The number of carbonyl (C=O) groups is 1. The minimum Gasteiger partial charge on any atom is -0.353 e. The zero-order chi connectivity index (χ0) is 13.0. The minimum atomic E-state index is 0.187. The van der Waals surface area contributed by atoms with Crippen molar-refractivity contribution in [1.29, 1.82) is 0 Å². The van der Waals surface area contributed by atoms with Crippen LogP contribution in [0.5, 0.6) is 0 Å². The number of nitrogens with zero attached hydrogens (tertiary/aromatic N) is 1. The number of rotatable bonds is 6. The molecule has 1 aliphatic heterocycles. The summed E-state index contributed by atoms with van der Waals surface area (Å²) in [6.45, 7) is 5.07. The molecule has 4 heteroatoms. The Morgan fingerprint density at radius 2 is 2.22 bits per heavy atom. The third kappa shape index (κ3) is 3.95. The molecule has 4 nitrogen and oxygen atoms in total. The van der Waals surface area contributed by atoms with Gasteiger partial charge in [-0.3, -0.25) is 9.69 Å². The van der Waals surface area contributed by atoms with E-state index in [1.807, 2.05) is 0 Å². The summed E-state index contributed by atoms with van der Waals surface area (Å²) >= 11 is 0. The van der Waals surface area contributed by atoms with Crippen molar-refractivity contribution in [2.75, 3.05) is 19.6 Å². The zero-order valence-electron chi connectivity index (χ0n) is 11.5. The van der Waals surface area contributed by atoms with E-state index in [1.165, 1.54) is 19.3 Å². The number of nitrogens with one attached hydrogen (secondary N) is 1. The summed E-state index contributed by atoms with van der Waals surface area (Å²) in [4.78, 5) is 14.3. The first-order chi connectivity index (χ1) is 8.72. The van der Waals surface area contributed by atoms with Crippen molar-refractivity contribution < 1.29 is 4.79 Å². The van der Waals surface area contributed by atoms with Crippen molar-refractivity contribution in [3.05, 3.63) is 0 Å². The van der Waals surface area contributed by atoms with E-state index in [9.17, 15) is 4.79 Å². The smallest absolute Gasteiger partial charge is 0.221 e. The van der Waals surface area contributed by atoms with Crippen LogP contribution in [-0.4, -0.2) is 42.5 Å². The second kappa shape index (κ2) is 6.53. The summed E-state index contributed by atoms with van der Waals surface area (Å²) in [7, 11) is 0. The van der Waals surface area contributed by atoms with E-state index in [1.54, 1.807) is 0 Å². The van der Waals surface area contributed by atoms with Crippen LogP contribution in [0.15, 0.2) is 0 Å². The molecule has 2 fully saturated rings. The summed E-state index contributed by atoms with van der Waals surface area (Å²) in [5.74, 6) is 0.978. The molecule has 1 aliphatic carbocycles. The van der Waals surface area contributed by atoms with Crippen LogP contribution in [0.25, 0.3) is 0 Å². The number of hydrogen-bond acceptors (Lipinski definition) is 3. The number of hydrogen-bond donors (Lipinski definition) is 2. The molecule has 0 aromatic heterocycles. The molecule has 2 rings (SSSR count). The maximum Gasteiger partial charge on any atom is 0.221 e. The van der Waals surface area contributed by atoms with Crippen LogP contribution >= 0.6 is 0 Å². The van der Waals surface area contributed by atoms with Gasteiger partial charge in [0.15, 0.2) is 0 Å². The molecule has 0 aromatic rings. The average Bonchev–Trinajstić information content (AvgIpc) is 3.20. The molecule has 0 radical (unpaired) electrons. The van der Waals surface area contributed by atoms with Gasteiger partial charge in [0.25, 0.3) is 0 Å². The Balaban J connectivity index is 1.80. The van der Waals surface area contributed by atoms with Crippen LogP contribution < -0.4 is 11.1 Å². The van der Waals surface area contributed by atoms with E-state index in [2.05, 4.69) is 17.1 Å². The van der Waals surface area contributed by atoms with Gasteiger partial charge in [-0.05, 0) is 38.1 Å². The molecule has 0 spiro atoms. The van der Waals surface area contributed by atoms with Gasteiger partial charge in [-0.25, -0.2) is 0 Å². The molecule has 18 heavy (non-hydrogen) atoms. The summed E-state index contributed by atoms with van der Waals surface area (Å²) in [5.41, 5.74) is 5.86. The Hall–Kier alpha value is -0.610. The molecule has 1 amide bonds.